The topological polar surface area (TPSA) is 72.7 Å². The zero-order valence-electron chi connectivity index (χ0n) is 16.6. The number of anilines is 1. The first kappa shape index (κ1) is 20.7. The lowest BCUT2D eigenvalue weighted by Gasteiger charge is -2.10. The number of aromatic nitrogens is 4. The number of carbonyl (C=O) groups excluding carboxylic acids is 1. The second-order valence-corrected chi connectivity index (χ2v) is 7.81. The molecule has 0 unspecified atom stereocenters. The Morgan fingerprint density at radius 3 is 2.58 bits per heavy atom. The number of hydrogen-bond donors (Lipinski definition) is 1. The Hall–Kier alpha value is -3.52. The van der Waals surface area contributed by atoms with Crippen LogP contribution in [0.5, 0.6) is 0 Å². The predicted molar refractivity (Wildman–Crippen MR) is 119 cm³/mol. The summed E-state index contributed by atoms with van der Waals surface area (Å²) in [6.45, 7) is 0.599. The fourth-order valence-corrected chi connectivity index (χ4v) is 3.90. The van der Waals surface area contributed by atoms with Gasteiger partial charge in [0.25, 0.3) is 0 Å². The van der Waals surface area contributed by atoms with Crippen LogP contribution in [0.3, 0.4) is 0 Å². The van der Waals surface area contributed by atoms with E-state index in [9.17, 15) is 9.18 Å². The molecule has 0 saturated heterocycles. The minimum absolute atomic E-state index is 0.184. The Balaban J connectivity index is 1.47. The maximum atomic E-state index is 13.7. The molecule has 0 bridgehead atoms. The number of nitrogens with zero attached hydrogens (tertiary/aromatic N) is 4. The number of nitrogens with one attached hydrogen (secondary N) is 1. The van der Waals surface area contributed by atoms with Crippen LogP contribution in [0.15, 0.2) is 84.3 Å². The van der Waals surface area contributed by atoms with E-state index in [1.54, 1.807) is 24.5 Å². The second-order valence-electron chi connectivity index (χ2n) is 6.75. The van der Waals surface area contributed by atoms with Crippen LogP contribution >= 0.6 is 11.8 Å². The SMILES string of the molecule is O=C(CCSc1nnc(-c2cccnc2)n1Cc1ccccc1)Nc1ccccc1F. The second kappa shape index (κ2) is 9.99. The molecule has 1 amide bonds. The summed E-state index contributed by atoms with van der Waals surface area (Å²) < 4.78 is 15.7. The van der Waals surface area contributed by atoms with Gasteiger partial charge in [-0.2, -0.15) is 0 Å². The van der Waals surface area contributed by atoms with Crippen LogP contribution in [0.2, 0.25) is 0 Å². The van der Waals surface area contributed by atoms with Gasteiger partial charge in [-0.3, -0.25) is 14.3 Å². The molecule has 2 aromatic heterocycles. The highest BCUT2D eigenvalue weighted by molar-refractivity contribution is 7.99. The van der Waals surface area contributed by atoms with E-state index in [0.29, 0.717) is 17.5 Å². The van der Waals surface area contributed by atoms with Gasteiger partial charge in [-0.05, 0) is 29.8 Å². The number of pyridine rings is 1. The van der Waals surface area contributed by atoms with Crippen LogP contribution in [-0.4, -0.2) is 31.4 Å². The smallest absolute Gasteiger partial charge is 0.225 e. The molecule has 0 atom stereocenters. The average molecular weight is 434 g/mol. The average Bonchev–Trinajstić information content (AvgIpc) is 3.19. The Bertz CT molecular complexity index is 1150. The highest BCUT2D eigenvalue weighted by Crippen LogP contribution is 2.25. The summed E-state index contributed by atoms with van der Waals surface area (Å²) in [6.07, 6.45) is 3.69. The van der Waals surface area contributed by atoms with E-state index in [0.717, 1.165) is 17.0 Å². The lowest BCUT2D eigenvalue weighted by molar-refractivity contribution is -0.115. The number of amides is 1. The van der Waals surface area contributed by atoms with Gasteiger partial charge in [0.05, 0.1) is 12.2 Å². The highest BCUT2D eigenvalue weighted by atomic mass is 32.2. The standard InChI is InChI=1S/C23H20FN5OS/c24-19-10-4-5-11-20(19)26-21(30)12-14-31-23-28-27-22(18-9-6-13-25-15-18)29(23)16-17-7-2-1-3-8-17/h1-11,13,15H,12,14,16H2,(H,26,30). The molecular formula is C23H20FN5OS. The number of carbonyl (C=O) groups is 1. The maximum absolute atomic E-state index is 13.7. The van der Waals surface area contributed by atoms with Crippen LogP contribution in [-0.2, 0) is 11.3 Å². The zero-order chi connectivity index (χ0) is 21.5. The lowest BCUT2D eigenvalue weighted by Crippen LogP contribution is -2.13. The zero-order valence-corrected chi connectivity index (χ0v) is 17.4. The number of para-hydroxylation sites is 1. The van der Waals surface area contributed by atoms with Gasteiger partial charge in [0, 0.05) is 30.1 Å². The van der Waals surface area contributed by atoms with Crippen molar-refractivity contribution in [2.75, 3.05) is 11.1 Å². The summed E-state index contributed by atoms with van der Waals surface area (Å²) in [7, 11) is 0. The van der Waals surface area contributed by atoms with Gasteiger partial charge in [-0.1, -0.05) is 54.2 Å². The molecular weight excluding hydrogens is 413 g/mol. The van der Waals surface area contributed by atoms with Gasteiger partial charge in [0.15, 0.2) is 11.0 Å². The van der Waals surface area contributed by atoms with E-state index in [4.69, 9.17) is 0 Å². The summed E-state index contributed by atoms with van der Waals surface area (Å²) in [5, 5.41) is 12.0. The van der Waals surface area contributed by atoms with Gasteiger partial charge in [-0.25, -0.2) is 4.39 Å². The minimum Gasteiger partial charge on any atom is -0.324 e. The van der Waals surface area contributed by atoms with Crippen molar-refractivity contribution in [3.05, 3.63) is 90.5 Å². The first-order valence-corrected chi connectivity index (χ1v) is 10.7. The molecule has 156 valence electrons. The molecule has 4 rings (SSSR count). The molecule has 2 heterocycles. The van der Waals surface area contributed by atoms with Gasteiger partial charge in [0.1, 0.15) is 5.82 Å². The third kappa shape index (κ3) is 5.35. The van der Waals surface area contributed by atoms with Crippen LogP contribution in [0.1, 0.15) is 12.0 Å². The van der Waals surface area contributed by atoms with Crippen LogP contribution in [0, 0.1) is 5.82 Å². The Morgan fingerprint density at radius 2 is 1.81 bits per heavy atom. The van der Waals surface area contributed by atoms with Crippen molar-refractivity contribution in [1.29, 1.82) is 0 Å². The van der Waals surface area contributed by atoms with Gasteiger partial charge in [0.2, 0.25) is 5.91 Å². The van der Waals surface area contributed by atoms with Crippen LogP contribution in [0.25, 0.3) is 11.4 Å². The largest absolute Gasteiger partial charge is 0.324 e. The summed E-state index contributed by atoms with van der Waals surface area (Å²) in [4.78, 5) is 16.4. The lowest BCUT2D eigenvalue weighted by atomic mass is 10.2. The summed E-state index contributed by atoms with van der Waals surface area (Å²) in [5.41, 5.74) is 2.17. The van der Waals surface area contributed by atoms with E-state index in [-0.39, 0.29) is 18.0 Å². The molecule has 0 aliphatic carbocycles. The molecule has 0 fully saturated rings. The van der Waals surface area contributed by atoms with Gasteiger partial charge >= 0.3 is 0 Å². The first-order chi connectivity index (χ1) is 15.2. The Morgan fingerprint density at radius 1 is 1.00 bits per heavy atom. The van der Waals surface area contributed by atoms with Crippen molar-refractivity contribution in [1.82, 2.24) is 19.7 Å². The molecule has 0 aliphatic rings. The third-order valence-electron chi connectivity index (χ3n) is 4.53. The summed E-state index contributed by atoms with van der Waals surface area (Å²) in [6, 6.07) is 20.0. The molecule has 6 nitrogen and oxygen atoms in total. The molecule has 31 heavy (non-hydrogen) atoms. The van der Waals surface area contributed by atoms with E-state index in [1.807, 2.05) is 47.0 Å². The molecule has 0 spiro atoms. The number of hydrogen-bond acceptors (Lipinski definition) is 5. The highest BCUT2D eigenvalue weighted by Gasteiger charge is 2.16. The summed E-state index contributed by atoms with van der Waals surface area (Å²) >= 11 is 1.44. The van der Waals surface area contributed by atoms with E-state index >= 15 is 0 Å². The fraction of sp³-hybridized carbons (Fsp3) is 0.130. The fourth-order valence-electron chi connectivity index (χ4n) is 3.02. The van der Waals surface area contributed by atoms with Gasteiger partial charge in [-0.15, -0.1) is 10.2 Å². The van der Waals surface area contributed by atoms with Crippen molar-refractivity contribution < 1.29 is 9.18 Å². The summed E-state index contributed by atoms with van der Waals surface area (Å²) in [5.74, 6) is 0.502. The van der Waals surface area contributed by atoms with Crippen molar-refractivity contribution in [2.24, 2.45) is 0 Å². The van der Waals surface area contributed by atoms with Crippen LogP contribution in [0.4, 0.5) is 10.1 Å². The Labute approximate surface area is 183 Å². The Kier molecular flexibility index (Phi) is 6.68. The van der Waals surface area contributed by atoms with Crippen molar-refractivity contribution in [3.63, 3.8) is 0 Å². The van der Waals surface area contributed by atoms with Crippen molar-refractivity contribution >= 4 is 23.4 Å². The normalized spacial score (nSPS) is 10.7. The maximum Gasteiger partial charge on any atom is 0.225 e. The van der Waals surface area contributed by atoms with E-state index in [1.165, 1.54) is 23.9 Å². The monoisotopic (exact) mass is 433 g/mol. The molecule has 1 N–H and O–H groups in total. The van der Waals surface area contributed by atoms with E-state index < -0.39 is 5.82 Å². The quantitative estimate of drug-likeness (QED) is 0.410. The number of halogens is 1. The number of thioether (sulfide) groups is 1. The molecule has 8 heteroatoms. The van der Waals surface area contributed by atoms with E-state index in [2.05, 4.69) is 20.5 Å². The number of benzene rings is 2. The third-order valence-corrected chi connectivity index (χ3v) is 5.50. The van der Waals surface area contributed by atoms with Crippen LogP contribution < -0.4 is 5.32 Å². The molecule has 2 aromatic carbocycles. The molecule has 0 radical (unpaired) electrons. The molecule has 4 aromatic rings. The van der Waals surface area contributed by atoms with Crippen molar-refractivity contribution in [2.45, 2.75) is 18.1 Å². The predicted octanol–water partition coefficient (Wildman–Crippen LogP) is 4.65. The minimum atomic E-state index is -0.452. The first-order valence-electron chi connectivity index (χ1n) is 9.75. The molecule has 0 aliphatic heterocycles. The number of rotatable bonds is 8. The van der Waals surface area contributed by atoms with Crippen molar-refractivity contribution in [3.8, 4) is 11.4 Å². The molecule has 0 saturated carbocycles. The van der Waals surface area contributed by atoms with Gasteiger partial charge < -0.3 is 5.32 Å².